The number of thiophene rings is 1. The van der Waals surface area contributed by atoms with Crippen LogP contribution in [-0.4, -0.2) is 47.8 Å². The fraction of sp³-hybridized carbons (Fsp3) is 0.480. The van der Waals surface area contributed by atoms with Crippen molar-refractivity contribution in [3.63, 3.8) is 0 Å². The Morgan fingerprint density at radius 3 is 2.34 bits per heavy atom. The molecule has 1 aliphatic heterocycles. The predicted molar refractivity (Wildman–Crippen MR) is 128 cm³/mol. The van der Waals surface area contributed by atoms with E-state index in [0.717, 1.165) is 5.56 Å². The van der Waals surface area contributed by atoms with Gasteiger partial charge in [0, 0.05) is 24.7 Å². The molecule has 7 heteroatoms. The minimum Gasteiger partial charge on any atom is -0.352 e. The average Bonchev–Trinajstić information content (AvgIpc) is 3.32. The predicted octanol–water partition coefficient (Wildman–Crippen LogP) is 3.87. The number of aryl methyl sites for hydroxylation is 1. The monoisotopic (exact) mass is 455 g/mol. The van der Waals surface area contributed by atoms with Gasteiger partial charge in [-0.25, -0.2) is 0 Å². The van der Waals surface area contributed by atoms with Crippen molar-refractivity contribution in [2.24, 2.45) is 11.8 Å². The maximum absolute atomic E-state index is 13.1. The van der Waals surface area contributed by atoms with Crippen LogP contribution < -0.4 is 10.6 Å². The Labute approximate surface area is 194 Å². The summed E-state index contributed by atoms with van der Waals surface area (Å²) in [7, 11) is 0. The van der Waals surface area contributed by atoms with Gasteiger partial charge in [0.2, 0.25) is 5.91 Å². The van der Waals surface area contributed by atoms with Crippen molar-refractivity contribution in [2.75, 3.05) is 13.1 Å². The molecule has 0 saturated carbocycles. The van der Waals surface area contributed by atoms with Gasteiger partial charge in [-0.2, -0.15) is 0 Å². The fourth-order valence-electron chi connectivity index (χ4n) is 3.89. The van der Waals surface area contributed by atoms with Crippen LogP contribution in [0, 0.1) is 18.8 Å². The molecule has 2 heterocycles. The lowest BCUT2D eigenvalue weighted by atomic mass is 9.88. The minimum atomic E-state index is -0.623. The van der Waals surface area contributed by atoms with E-state index in [1.807, 2.05) is 54.5 Å². The van der Waals surface area contributed by atoms with Gasteiger partial charge in [-0.05, 0) is 62.1 Å². The topological polar surface area (TPSA) is 78.5 Å². The molecule has 1 aromatic heterocycles. The van der Waals surface area contributed by atoms with E-state index in [1.165, 1.54) is 11.3 Å². The van der Waals surface area contributed by atoms with Crippen LogP contribution in [0.4, 0.5) is 0 Å². The van der Waals surface area contributed by atoms with Gasteiger partial charge in [0.25, 0.3) is 11.8 Å². The summed E-state index contributed by atoms with van der Waals surface area (Å²) in [5.41, 5.74) is 1.74. The number of piperidine rings is 1. The van der Waals surface area contributed by atoms with Crippen LogP contribution in [0.2, 0.25) is 0 Å². The summed E-state index contributed by atoms with van der Waals surface area (Å²) in [4.78, 5) is 41.2. The molecule has 1 fully saturated rings. The van der Waals surface area contributed by atoms with Gasteiger partial charge in [0.1, 0.15) is 6.04 Å². The standard InChI is InChI=1S/C25H33N3O3S/c1-16(2)18(4)26-24(30)22(27-23(29)21-9-6-14-32-21)19-10-12-28(13-11-19)25(31)20-8-5-7-17(3)15-20/h5-9,14-16,18-19,22H,10-13H2,1-4H3,(H,26,30)(H,27,29). The molecule has 3 amide bonds. The molecule has 2 N–H and O–H groups in total. The number of nitrogens with one attached hydrogen (secondary N) is 2. The second-order valence-corrected chi connectivity index (χ2v) is 9.92. The number of rotatable bonds is 7. The molecular formula is C25H33N3O3S. The Morgan fingerprint density at radius 2 is 1.75 bits per heavy atom. The Bertz CT molecular complexity index is 934. The highest BCUT2D eigenvalue weighted by Gasteiger charge is 2.35. The van der Waals surface area contributed by atoms with E-state index < -0.39 is 6.04 Å². The van der Waals surface area contributed by atoms with Crippen molar-refractivity contribution < 1.29 is 14.4 Å². The molecule has 3 rings (SSSR count). The van der Waals surface area contributed by atoms with E-state index in [0.29, 0.717) is 42.3 Å². The lowest BCUT2D eigenvalue weighted by Gasteiger charge is -2.36. The summed E-state index contributed by atoms with van der Waals surface area (Å²) in [5.74, 6) is -0.0967. The zero-order valence-corrected chi connectivity index (χ0v) is 20.1. The molecular weight excluding hydrogens is 422 g/mol. The first-order valence-corrected chi connectivity index (χ1v) is 12.1. The Kier molecular flexibility index (Phi) is 8.07. The third-order valence-corrected chi connectivity index (χ3v) is 7.12. The summed E-state index contributed by atoms with van der Waals surface area (Å²) >= 11 is 1.36. The summed E-state index contributed by atoms with van der Waals surface area (Å²) in [6.45, 7) is 9.19. The van der Waals surface area contributed by atoms with Crippen molar-refractivity contribution in [1.82, 2.24) is 15.5 Å². The second kappa shape index (κ2) is 10.8. The Balaban J connectivity index is 1.69. The van der Waals surface area contributed by atoms with E-state index in [1.54, 1.807) is 6.07 Å². The molecule has 0 aliphatic carbocycles. The highest BCUT2D eigenvalue weighted by molar-refractivity contribution is 7.12. The van der Waals surface area contributed by atoms with Crippen LogP contribution in [0.3, 0.4) is 0 Å². The molecule has 0 spiro atoms. The van der Waals surface area contributed by atoms with Crippen molar-refractivity contribution in [1.29, 1.82) is 0 Å². The van der Waals surface area contributed by atoms with Crippen molar-refractivity contribution >= 4 is 29.1 Å². The van der Waals surface area contributed by atoms with Crippen molar-refractivity contribution in [3.8, 4) is 0 Å². The number of likely N-dealkylation sites (tertiary alicyclic amines) is 1. The van der Waals surface area contributed by atoms with E-state index in [9.17, 15) is 14.4 Å². The van der Waals surface area contributed by atoms with Crippen LogP contribution in [0.1, 0.15) is 59.2 Å². The van der Waals surface area contributed by atoms with Crippen LogP contribution >= 0.6 is 11.3 Å². The molecule has 32 heavy (non-hydrogen) atoms. The molecule has 0 bridgehead atoms. The SMILES string of the molecule is Cc1cccc(C(=O)N2CCC(C(NC(=O)c3cccs3)C(=O)NC(C)C(C)C)CC2)c1. The van der Waals surface area contributed by atoms with Gasteiger partial charge in [-0.3, -0.25) is 14.4 Å². The first-order chi connectivity index (χ1) is 15.3. The first-order valence-electron chi connectivity index (χ1n) is 11.3. The van der Waals surface area contributed by atoms with E-state index in [2.05, 4.69) is 24.5 Å². The summed E-state index contributed by atoms with van der Waals surface area (Å²) < 4.78 is 0. The molecule has 1 aliphatic rings. The molecule has 2 aromatic rings. The van der Waals surface area contributed by atoms with Crippen LogP contribution in [-0.2, 0) is 4.79 Å². The Morgan fingerprint density at radius 1 is 1.03 bits per heavy atom. The van der Waals surface area contributed by atoms with Crippen LogP contribution in [0.25, 0.3) is 0 Å². The van der Waals surface area contributed by atoms with Crippen LogP contribution in [0.5, 0.6) is 0 Å². The zero-order chi connectivity index (χ0) is 23.3. The number of nitrogens with zero attached hydrogens (tertiary/aromatic N) is 1. The molecule has 2 unspecified atom stereocenters. The normalized spacial score (nSPS) is 16.5. The summed E-state index contributed by atoms with van der Waals surface area (Å²) in [5, 5.41) is 7.88. The molecule has 6 nitrogen and oxygen atoms in total. The average molecular weight is 456 g/mol. The van der Waals surface area contributed by atoms with Gasteiger partial charge >= 0.3 is 0 Å². The number of hydrogen-bond donors (Lipinski definition) is 2. The lowest BCUT2D eigenvalue weighted by molar-refractivity contribution is -0.125. The molecule has 1 aromatic carbocycles. The molecule has 2 atom stereocenters. The first kappa shape index (κ1) is 24.0. The van der Waals surface area contributed by atoms with Gasteiger partial charge in [0.15, 0.2) is 0 Å². The maximum Gasteiger partial charge on any atom is 0.262 e. The van der Waals surface area contributed by atoms with E-state index >= 15 is 0 Å². The fourth-order valence-corrected chi connectivity index (χ4v) is 4.52. The highest BCUT2D eigenvalue weighted by atomic mass is 32.1. The second-order valence-electron chi connectivity index (χ2n) is 8.97. The number of amides is 3. The number of carbonyl (C=O) groups excluding carboxylic acids is 3. The zero-order valence-electron chi connectivity index (χ0n) is 19.3. The third kappa shape index (κ3) is 5.97. The highest BCUT2D eigenvalue weighted by Crippen LogP contribution is 2.24. The number of benzene rings is 1. The Hall–Kier alpha value is -2.67. The van der Waals surface area contributed by atoms with Gasteiger partial charge < -0.3 is 15.5 Å². The summed E-state index contributed by atoms with van der Waals surface area (Å²) in [6.07, 6.45) is 1.33. The lowest BCUT2D eigenvalue weighted by Crippen LogP contribution is -2.55. The van der Waals surface area contributed by atoms with Gasteiger partial charge in [-0.15, -0.1) is 11.3 Å². The number of carbonyl (C=O) groups is 3. The third-order valence-electron chi connectivity index (χ3n) is 6.25. The van der Waals surface area contributed by atoms with Crippen molar-refractivity contribution in [2.45, 2.75) is 52.6 Å². The molecule has 172 valence electrons. The largest absolute Gasteiger partial charge is 0.352 e. The minimum absolute atomic E-state index is 0.00614. The quantitative estimate of drug-likeness (QED) is 0.665. The van der Waals surface area contributed by atoms with Crippen LogP contribution in [0.15, 0.2) is 41.8 Å². The number of hydrogen-bond acceptors (Lipinski definition) is 4. The van der Waals surface area contributed by atoms with Gasteiger partial charge in [-0.1, -0.05) is 37.6 Å². The van der Waals surface area contributed by atoms with Gasteiger partial charge in [0.05, 0.1) is 4.88 Å². The maximum atomic E-state index is 13.1. The van der Waals surface area contributed by atoms with E-state index in [-0.39, 0.29) is 29.7 Å². The van der Waals surface area contributed by atoms with E-state index in [4.69, 9.17) is 0 Å². The molecule has 1 saturated heterocycles. The molecule has 0 radical (unpaired) electrons. The summed E-state index contributed by atoms with van der Waals surface area (Å²) in [6, 6.07) is 10.6. The van der Waals surface area contributed by atoms with Crippen molar-refractivity contribution in [3.05, 3.63) is 57.8 Å². The smallest absolute Gasteiger partial charge is 0.262 e.